The third-order valence-corrected chi connectivity index (χ3v) is 3.10. The zero-order valence-corrected chi connectivity index (χ0v) is 9.89. The second kappa shape index (κ2) is 6.56. The Balaban J connectivity index is 2.54. The van der Waals surface area contributed by atoms with Gasteiger partial charge in [0, 0.05) is 7.11 Å². The molecule has 0 aromatic carbocycles. The Morgan fingerprint density at radius 2 is 2.06 bits per heavy atom. The number of carbonyl (C=O) groups excluding carboxylic acids is 1. The van der Waals surface area contributed by atoms with Crippen molar-refractivity contribution < 1.29 is 24.5 Å². The normalized spacial score (nSPS) is 25.5. The molecule has 98 valence electrons. The lowest BCUT2D eigenvalue weighted by Crippen LogP contribution is -2.45. The van der Waals surface area contributed by atoms with Crippen LogP contribution in [0.2, 0.25) is 0 Å². The van der Waals surface area contributed by atoms with Crippen molar-refractivity contribution in [3.63, 3.8) is 0 Å². The predicted molar refractivity (Wildman–Crippen MR) is 59.4 cm³/mol. The van der Waals surface area contributed by atoms with E-state index in [9.17, 15) is 9.59 Å². The fourth-order valence-electron chi connectivity index (χ4n) is 2.22. The van der Waals surface area contributed by atoms with Gasteiger partial charge in [0.1, 0.15) is 0 Å². The van der Waals surface area contributed by atoms with Crippen LogP contribution in [0.1, 0.15) is 19.3 Å². The second-order valence-electron chi connectivity index (χ2n) is 4.33. The Morgan fingerprint density at radius 3 is 2.59 bits per heavy atom. The van der Waals surface area contributed by atoms with Gasteiger partial charge in [0.25, 0.3) is 0 Å². The summed E-state index contributed by atoms with van der Waals surface area (Å²) in [5.74, 6) is -2.31. The van der Waals surface area contributed by atoms with Gasteiger partial charge in [0.2, 0.25) is 5.91 Å². The number of aliphatic hydroxyl groups excluding tert-OH is 1. The van der Waals surface area contributed by atoms with Crippen molar-refractivity contribution in [2.24, 2.45) is 11.8 Å². The number of carboxylic acids is 1. The molecule has 1 rings (SSSR count). The smallest absolute Gasteiger partial charge is 0.307 e. The lowest BCUT2D eigenvalue weighted by Gasteiger charge is -2.20. The molecule has 1 fully saturated rings. The van der Waals surface area contributed by atoms with Crippen LogP contribution in [0, 0.1) is 11.8 Å². The van der Waals surface area contributed by atoms with E-state index in [1.165, 1.54) is 7.11 Å². The first kappa shape index (κ1) is 13.9. The Kier molecular flexibility index (Phi) is 5.37. The maximum atomic E-state index is 11.9. The molecule has 0 aromatic heterocycles. The molecule has 1 unspecified atom stereocenters. The molecule has 0 bridgehead atoms. The molecular formula is C11H19NO5. The van der Waals surface area contributed by atoms with E-state index in [1.54, 1.807) is 0 Å². The lowest BCUT2D eigenvalue weighted by molar-refractivity contribution is -0.146. The quantitative estimate of drug-likeness (QED) is 0.592. The van der Waals surface area contributed by atoms with Crippen molar-refractivity contribution in [2.75, 3.05) is 20.3 Å². The molecule has 0 spiro atoms. The predicted octanol–water partition coefficient (Wildman–Crippen LogP) is -0.389. The molecule has 1 saturated carbocycles. The summed E-state index contributed by atoms with van der Waals surface area (Å²) >= 11 is 0. The van der Waals surface area contributed by atoms with Crippen LogP contribution in [0.15, 0.2) is 0 Å². The minimum atomic E-state index is -0.921. The van der Waals surface area contributed by atoms with Crippen molar-refractivity contribution in [1.29, 1.82) is 0 Å². The SMILES string of the molecule is COCC(CO)NC(=O)[C@@H]1CCC[C@@H]1C(=O)O. The van der Waals surface area contributed by atoms with Crippen LogP contribution in [0.5, 0.6) is 0 Å². The van der Waals surface area contributed by atoms with Gasteiger partial charge in [-0.2, -0.15) is 0 Å². The third kappa shape index (κ3) is 3.67. The molecular weight excluding hydrogens is 226 g/mol. The van der Waals surface area contributed by atoms with Gasteiger partial charge in [-0.1, -0.05) is 6.42 Å². The first-order valence-corrected chi connectivity index (χ1v) is 5.73. The van der Waals surface area contributed by atoms with Crippen LogP contribution in [-0.2, 0) is 14.3 Å². The van der Waals surface area contributed by atoms with Gasteiger partial charge >= 0.3 is 5.97 Å². The van der Waals surface area contributed by atoms with E-state index in [4.69, 9.17) is 14.9 Å². The number of aliphatic carboxylic acids is 1. The summed E-state index contributed by atoms with van der Waals surface area (Å²) in [4.78, 5) is 22.8. The number of ether oxygens (including phenoxy) is 1. The Labute approximate surface area is 100.0 Å². The maximum absolute atomic E-state index is 11.9. The molecule has 3 N–H and O–H groups in total. The first-order valence-electron chi connectivity index (χ1n) is 5.73. The fraction of sp³-hybridized carbons (Fsp3) is 0.818. The second-order valence-corrected chi connectivity index (χ2v) is 4.33. The molecule has 0 saturated heterocycles. The summed E-state index contributed by atoms with van der Waals surface area (Å²) < 4.78 is 4.84. The molecule has 0 aromatic rings. The van der Waals surface area contributed by atoms with Crippen LogP contribution in [0.4, 0.5) is 0 Å². The molecule has 1 amide bonds. The minimum absolute atomic E-state index is 0.215. The summed E-state index contributed by atoms with van der Waals surface area (Å²) in [6.45, 7) is -0.00324. The Hall–Kier alpha value is -1.14. The highest BCUT2D eigenvalue weighted by Crippen LogP contribution is 2.32. The monoisotopic (exact) mass is 245 g/mol. The first-order chi connectivity index (χ1) is 8.10. The molecule has 3 atom stereocenters. The summed E-state index contributed by atoms with van der Waals surface area (Å²) in [7, 11) is 1.48. The molecule has 0 radical (unpaired) electrons. The lowest BCUT2D eigenvalue weighted by atomic mass is 9.95. The van der Waals surface area contributed by atoms with Crippen LogP contribution in [0.3, 0.4) is 0 Å². The molecule has 17 heavy (non-hydrogen) atoms. The van der Waals surface area contributed by atoms with E-state index in [2.05, 4.69) is 5.32 Å². The number of methoxy groups -OCH3 is 1. The standard InChI is InChI=1S/C11H19NO5/c1-17-6-7(5-13)12-10(14)8-3-2-4-9(8)11(15)16/h7-9,13H,2-6H2,1H3,(H,12,14)(H,15,16)/t7?,8-,9+/m1/s1. The van der Waals surface area contributed by atoms with Crippen molar-refractivity contribution in [3.05, 3.63) is 0 Å². The van der Waals surface area contributed by atoms with Crippen LogP contribution >= 0.6 is 0 Å². The summed E-state index contributed by atoms with van der Waals surface area (Å²) in [5.41, 5.74) is 0. The van der Waals surface area contributed by atoms with E-state index in [-0.39, 0.29) is 19.1 Å². The number of hydrogen-bond donors (Lipinski definition) is 3. The minimum Gasteiger partial charge on any atom is -0.481 e. The largest absolute Gasteiger partial charge is 0.481 e. The average molecular weight is 245 g/mol. The van der Waals surface area contributed by atoms with Crippen molar-refractivity contribution in [3.8, 4) is 0 Å². The van der Waals surface area contributed by atoms with Crippen LogP contribution < -0.4 is 5.32 Å². The number of aliphatic hydroxyl groups is 1. The zero-order chi connectivity index (χ0) is 12.8. The molecule has 0 aliphatic heterocycles. The van der Waals surface area contributed by atoms with Gasteiger partial charge in [-0.15, -0.1) is 0 Å². The number of amides is 1. The number of carboxylic acid groups (broad SMARTS) is 1. The number of carbonyl (C=O) groups is 2. The molecule has 1 aliphatic carbocycles. The average Bonchev–Trinajstić information content (AvgIpc) is 2.77. The topological polar surface area (TPSA) is 95.9 Å². The fourth-order valence-corrected chi connectivity index (χ4v) is 2.22. The molecule has 6 nitrogen and oxygen atoms in total. The Morgan fingerprint density at radius 1 is 1.41 bits per heavy atom. The molecule has 6 heteroatoms. The van der Waals surface area contributed by atoms with Gasteiger partial charge in [0.15, 0.2) is 0 Å². The third-order valence-electron chi connectivity index (χ3n) is 3.10. The van der Waals surface area contributed by atoms with Gasteiger partial charge in [-0.3, -0.25) is 9.59 Å². The van der Waals surface area contributed by atoms with Gasteiger partial charge in [-0.25, -0.2) is 0 Å². The van der Waals surface area contributed by atoms with Crippen LogP contribution in [-0.4, -0.2) is 48.5 Å². The van der Waals surface area contributed by atoms with E-state index >= 15 is 0 Å². The van der Waals surface area contributed by atoms with E-state index < -0.39 is 23.8 Å². The summed E-state index contributed by atoms with van der Waals surface area (Å²) in [6.07, 6.45) is 1.89. The highest BCUT2D eigenvalue weighted by atomic mass is 16.5. The van der Waals surface area contributed by atoms with Crippen molar-refractivity contribution >= 4 is 11.9 Å². The molecule has 0 heterocycles. The van der Waals surface area contributed by atoms with Crippen molar-refractivity contribution in [2.45, 2.75) is 25.3 Å². The van der Waals surface area contributed by atoms with E-state index in [0.29, 0.717) is 12.8 Å². The number of hydrogen-bond acceptors (Lipinski definition) is 4. The summed E-state index contributed by atoms with van der Waals surface area (Å²) in [6, 6.07) is -0.470. The molecule has 1 aliphatic rings. The highest BCUT2D eigenvalue weighted by molar-refractivity contribution is 5.85. The number of rotatable bonds is 6. The van der Waals surface area contributed by atoms with E-state index in [0.717, 1.165) is 6.42 Å². The Bertz CT molecular complexity index is 281. The highest BCUT2D eigenvalue weighted by Gasteiger charge is 2.38. The van der Waals surface area contributed by atoms with Gasteiger partial charge < -0.3 is 20.3 Å². The van der Waals surface area contributed by atoms with Crippen LogP contribution in [0.25, 0.3) is 0 Å². The summed E-state index contributed by atoms with van der Waals surface area (Å²) in [5, 5.41) is 20.6. The van der Waals surface area contributed by atoms with Gasteiger partial charge in [-0.05, 0) is 12.8 Å². The van der Waals surface area contributed by atoms with Gasteiger partial charge in [0.05, 0.1) is 31.1 Å². The maximum Gasteiger partial charge on any atom is 0.307 e. The van der Waals surface area contributed by atoms with Crippen molar-refractivity contribution in [1.82, 2.24) is 5.32 Å². The number of nitrogens with one attached hydrogen (secondary N) is 1. The van der Waals surface area contributed by atoms with E-state index in [1.807, 2.05) is 0 Å². The zero-order valence-electron chi connectivity index (χ0n) is 9.89.